The smallest absolute Gasteiger partial charge is 0.305 e. The Morgan fingerprint density at radius 1 is 0.744 bits per heavy atom. The van der Waals surface area contributed by atoms with Gasteiger partial charge in [0.05, 0.1) is 45.8 Å². The molecule has 1 aromatic heterocycles. The van der Waals surface area contributed by atoms with Gasteiger partial charge in [-0.3, -0.25) is 14.6 Å². The third-order valence-electron chi connectivity index (χ3n) is 6.20. The second-order valence-electron chi connectivity index (χ2n) is 9.57. The molecule has 0 aliphatic heterocycles. The number of hydrogen-bond donors (Lipinski definition) is 1. The molecule has 1 amide bonds. The number of carbonyl (C=O) groups is 2. The third-order valence-corrected chi connectivity index (χ3v) is 6.20. The second kappa shape index (κ2) is 22.9. The minimum atomic E-state index is -0.815. The van der Waals surface area contributed by atoms with E-state index in [0.29, 0.717) is 59.2 Å². The van der Waals surface area contributed by atoms with Crippen molar-refractivity contribution in [1.29, 1.82) is 0 Å². The van der Waals surface area contributed by atoms with Gasteiger partial charge in [-0.05, 0) is 49.4 Å². The Balaban J connectivity index is 0.000000385. The van der Waals surface area contributed by atoms with Crippen molar-refractivity contribution >= 4 is 11.9 Å². The predicted molar refractivity (Wildman–Crippen MR) is 165 cm³/mol. The lowest BCUT2D eigenvalue weighted by molar-refractivity contribution is -0.160. The van der Waals surface area contributed by atoms with Crippen LogP contribution >= 0.6 is 0 Å². The van der Waals surface area contributed by atoms with E-state index in [0.717, 1.165) is 18.4 Å². The average molecular weight is 595 g/mol. The molecule has 0 spiro atoms. The van der Waals surface area contributed by atoms with Crippen LogP contribution in [0.5, 0.6) is 0 Å². The van der Waals surface area contributed by atoms with Crippen LogP contribution in [0.4, 0.5) is 0 Å². The van der Waals surface area contributed by atoms with Gasteiger partial charge in [0.15, 0.2) is 6.29 Å². The molecule has 0 aliphatic rings. The van der Waals surface area contributed by atoms with Crippen LogP contribution in [0, 0.1) is 0 Å². The van der Waals surface area contributed by atoms with E-state index < -0.39 is 12.3 Å². The van der Waals surface area contributed by atoms with Crippen molar-refractivity contribution in [3.05, 3.63) is 102 Å². The summed E-state index contributed by atoms with van der Waals surface area (Å²) in [6.45, 7) is 7.60. The Morgan fingerprint density at radius 3 is 1.77 bits per heavy atom. The minimum absolute atomic E-state index is 0.0120. The summed E-state index contributed by atoms with van der Waals surface area (Å²) in [6, 6.07) is 24.0. The quantitative estimate of drug-likeness (QED) is 0.141. The van der Waals surface area contributed by atoms with Crippen LogP contribution in [0.3, 0.4) is 0 Å². The molecule has 0 atom stereocenters. The summed E-state index contributed by atoms with van der Waals surface area (Å²) in [6.07, 6.45) is 5.12. The van der Waals surface area contributed by atoms with Crippen LogP contribution in [-0.4, -0.2) is 79.3 Å². The lowest BCUT2D eigenvalue weighted by Gasteiger charge is -2.27. The van der Waals surface area contributed by atoms with E-state index in [1.54, 1.807) is 17.3 Å². The summed E-state index contributed by atoms with van der Waals surface area (Å²) >= 11 is 0. The lowest BCUT2D eigenvalue weighted by atomic mass is 10.2. The molecule has 0 fully saturated rings. The normalized spacial score (nSPS) is 10.7. The highest BCUT2D eigenvalue weighted by molar-refractivity contribution is 5.76. The van der Waals surface area contributed by atoms with Gasteiger partial charge < -0.3 is 29.0 Å². The summed E-state index contributed by atoms with van der Waals surface area (Å²) in [5.74, 6) is -0.803. The first-order valence-corrected chi connectivity index (χ1v) is 14.9. The molecule has 9 nitrogen and oxygen atoms in total. The number of rotatable bonds is 20. The number of carbonyl (C=O) groups excluding carboxylic acids is 1. The highest BCUT2D eigenvalue weighted by atomic mass is 16.7. The van der Waals surface area contributed by atoms with Gasteiger partial charge in [-0.2, -0.15) is 0 Å². The fourth-order valence-corrected chi connectivity index (χ4v) is 4.02. The number of carboxylic acids is 1. The maximum absolute atomic E-state index is 12.8. The van der Waals surface area contributed by atoms with E-state index in [2.05, 4.69) is 17.1 Å². The largest absolute Gasteiger partial charge is 0.481 e. The highest BCUT2D eigenvalue weighted by Crippen LogP contribution is 2.09. The first kappa shape index (κ1) is 35.6. The van der Waals surface area contributed by atoms with E-state index in [9.17, 15) is 9.59 Å². The van der Waals surface area contributed by atoms with Crippen LogP contribution in [0.2, 0.25) is 0 Å². The van der Waals surface area contributed by atoms with Crippen molar-refractivity contribution in [2.75, 3.05) is 46.2 Å². The topological polar surface area (TPSA) is 107 Å². The molecule has 1 N–H and O–H groups in total. The Morgan fingerprint density at radius 2 is 1.28 bits per heavy atom. The molecule has 0 bridgehead atoms. The van der Waals surface area contributed by atoms with Crippen LogP contribution in [0.25, 0.3) is 0 Å². The van der Waals surface area contributed by atoms with Gasteiger partial charge in [0, 0.05) is 32.2 Å². The molecule has 1 heterocycles. The zero-order valence-electron chi connectivity index (χ0n) is 25.4. The number of amides is 1. The Labute approximate surface area is 255 Å². The molecule has 43 heavy (non-hydrogen) atoms. The number of benzene rings is 2. The van der Waals surface area contributed by atoms with Crippen LogP contribution in [-0.2, 0) is 47.9 Å². The van der Waals surface area contributed by atoms with Gasteiger partial charge in [-0.1, -0.05) is 66.7 Å². The predicted octanol–water partition coefficient (Wildman–Crippen LogP) is 5.18. The summed E-state index contributed by atoms with van der Waals surface area (Å²) < 4.78 is 22.1. The van der Waals surface area contributed by atoms with Gasteiger partial charge in [0.2, 0.25) is 5.91 Å². The Kier molecular flexibility index (Phi) is 18.9. The number of nitrogens with zero attached hydrogens (tertiary/aromatic N) is 2. The van der Waals surface area contributed by atoms with Gasteiger partial charge >= 0.3 is 5.97 Å². The van der Waals surface area contributed by atoms with Crippen LogP contribution in [0.15, 0.2) is 85.2 Å². The van der Waals surface area contributed by atoms with Gasteiger partial charge in [-0.15, -0.1) is 0 Å². The van der Waals surface area contributed by atoms with Crippen molar-refractivity contribution in [1.82, 2.24) is 9.88 Å². The van der Waals surface area contributed by atoms with E-state index in [1.165, 1.54) is 11.1 Å². The number of aliphatic carboxylic acids is 1. The van der Waals surface area contributed by atoms with Crippen molar-refractivity contribution < 1.29 is 33.6 Å². The molecule has 3 rings (SSSR count). The monoisotopic (exact) mass is 594 g/mol. The average Bonchev–Trinajstić information content (AvgIpc) is 3.02. The van der Waals surface area contributed by atoms with E-state index in [1.807, 2.05) is 74.5 Å². The number of hydrogen-bond acceptors (Lipinski definition) is 7. The summed E-state index contributed by atoms with van der Waals surface area (Å²) in [4.78, 5) is 28.9. The molecule has 234 valence electrons. The molecule has 0 aliphatic carbocycles. The molecular weight excluding hydrogens is 548 g/mol. The van der Waals surface area contributed by atoms with Crippen molar-refractivity contribution in [3.8, 4) is 0 Å². The number of pyridine rings is 1. The summed E-state index contributed by atoms with van der Waals surface area (Å²) in [7, 11) is 0. The Hall–Kier alpha value is -3.63. The summed E-state index contributed by atoms with van der Waals surface area (Å²) in [5.41, 5.74) is 3.41. The molecule has 3 aromatic rings. The zero-order valence-corrected chi connectivity index (χ0v) is 25.4. The third kappa shape index (κ3) is 17.2. The molecular formula is C34H46N2O7. The molecule has 0 saturated heterocycles. The summed E-state index contributed by atoms with van der Waals surface area (Å²) in [5, 5.41) is 8.35. The fraction of sp³-hybridized carbons (Fsp3) is 0.441. The number of ether oxygens (including phenoxy) is 4. The SMILES string of the molecule is CCOC(CN(Cc1cccnc1)C(=O)CCOCCc1ccccc1)OCC.O=C(O)CCOCCc1ccccc1. The molecule has 0 saturated carbocycles. The van der Waals surface area contributed by atoms with Gasteiger partial charge in [0.25, 0.3) is 0 Å². The van der Waals surface area contributed by atoms with E-state index >= 15 is 0 Å². The first-order chi connectivity index (χ1) is 21.0. The van der Waals surface area contributed by atoms with Crippen LogP contribution in [0.1, 0.15) is 43.4 Å². The first-order valence-electron chi connectivity index (χ1n) is 14.9. The maximum atomic E-state index is 12.8. The minimum Gasteiger partial charge on any atom is -0.481 e. The molecule has 0 radical (unpaired) electrons. The van der Waals surface area contributed by atoms with Gasteiger partial charge in [-0.25, -0.2) is 0 Å². The van der Waals surface area contributed by atoms with E-state index in [4.69, 9.17) is 24.1 Å². The molecule has 2 aromatic carbocycles. The Bertz CT molecular complexity index is 1110. The maximum Gasteiger partial charge on any atom is 0.305 e. The molecule has 9 heteroatoms. The standard InChI is InChI=1S/C23H32N2O4.C11H14O3/c1-3-28-23(29-4-2)19-25(18-21-11-8-14-24-17-21)22(26)13-16-27-15-12-20-9-6-5-7-10-20;12-11(13)7-9-14-8-6-10-4-2-1-3-5-10/h5-11,14,17,23H,3-4,12-13,15-16,18-19H2,1-2H3;1-5H,6-9H2,(H,12,13). The van der Waals surface area contributed by atoms with E-state index in [-0.39, 0.29) is 12.3 Å². The second-order valence-corrected chi connectivity index (χ2v) is 9.57. The van der Waals surface area contributed by atoms with Crippen molar-refractivity contribution in [3.63, 3.8) is 0 Å². The van der Waals surface area contributed by atoms with Gasteiger partial charge in [0.1, 0.15) is 0 Å². The highest BCUT2D eigenvalue weighted by Gasteiger charge is 2.20. The zero-order chi connectivity index (χ0) is 31.0. The number of carboxylic acid groups (broad SMARTS) is 1. The lowest BCUT2D eigenvalue weighted by Crippen LogP contribution is -2.39. The van der Waals surface area contributed by atoms with Crippen LogP contribution < -0.4 is 0 Å². The van der Waals surface area contributed by atoms with Crippen molar-refractivity contribution in [2.45, 2.75) is 52.4 Å². The van der Waals surface area contributed by atoms with Crippen molar-refractivity contribution in [2.24, 2.45) is 0 Å². The molecule has 0 unspecified atom stereocenters. The number of aromatic nitrogens is 1. The fourth-order valence-electron chi connectivity index (χ4n) is 4.02.